The number of esters is 1. The highest BCUT2D eigenvalue weighted by Crippen LogP contribution is 2.17. The van der Waals surface area contributed by atoms with Crippen molar-refractivity contribution >= 4 is 34.6 Å². The molecule has 116 valence electrons. The topological polar surface area (TPSA) is 67.4 Å². The molecule has 1 atom stereocenters. The number of hydrogen-bond acceptors (Lipinski definition) is 5. The Morgan fingerprint density at radius 1 is 1.18 bits per heavy atom. The Balaban J connectivity index is 1.98. The Morgan fingerprint density at radius 2 is 1.86 bits per heavy atom. The van der Waals surface area contributed by atoms with Gasteiger partial charge in [0, 0.05) is 11.4 Å². The van der Waals surface area contributed by atoms with Crippen molar-refractivity contribution in [1.29, 1.82) is 0 Å². The largest absolute Gasteiger partial charge is 0.467 e. The fourth-order valence-electron chi connectivity index (χ4n) is 1.92. The lowest BCUT2D eigenvalue weighted by molar-refractivity contribution is -0.141. The third-order valence-electron chi connectivity index (χ3n) is 3.12. The zero-order chi connectivity index (χ0) is 15.9. The summed E-state index contributed by atoms with van der Waals surface area (Å²) in [6.07, 6.45) is 0.629. The minimum absolute atomic E-state index is 0.128. The Morgan fingerprint density at radius 3 is 2.41 bits per heavy atom. The lowest BCUT2D eigenvalue weighted by atomic mass is 10.2. The fourth-order valence-corrected chi connectivity index (χ4v) is 2.54. The van der Waals surface area contributed by atoms with Crippen LogP contribution in [0.2, 0.25) is 0 Å². The zero-order valence-electron chi connectivity index (χ0n) is 12.5. The molecule has 1 aromatic heterocycles. The Bertz CT molecular complexity index is 623. The van der Waals surface area contributed by atoms with Crippen LogP contribution in [-0.2, 0) is 9.53 Å². The first-order valence-corrected chi connectivity index (χ1v) is 7.81. The van der Waals surface area contributed by atoms with Gasteiger partial charge in [-0.05, 0) is 42.1 Å². The zero-order valence-corrected chi connectivity index (χ0v) is 13.3. The molecular formula is C16H18N2O3S. The van der Waals surface area contributed by atoms with Gasteiger partial charge in [-0.25, -0.2) is 4.79 Å². The van der Waals surface area contributed by atoms with E-state index in [0.29, 0.717) is 17.0 Å². The van der Waals surface area contributed by atoms with E-state index in [1.807, 2.05) is 30.5 Å². The monoisotopic (exact) mass is 318 g/mol. The maximum atomic E-state index is 11.9. The summed E-state index contributed by atoms with van der Waals surface area (Å²) in [4.78, 5) is 24.2. The van der Waals surface area contributed by atoms with E-state index in [0.717, 1.165) is 5.69 Å². The second-order valence-electron chi connectivity index (χ2n) is 4.64. The molecule has 0 saturated carbocycles. The van der Waals surface area contributed by atoms with Gasteiger partial charge in [0.15, 0.2) is 0 Å². The molecule has 0 aliphatic rings. The molecule has 2 aromatic rings. The van der Waals surface area contributed by atoms with Crippen LogP contribution in [0, 0.1) is 0 Å². The third kappa shape index (κ3) is 4.08. The first-order valence-electron chi connectivity index (χ1n) is 6.93. The second-order valence-corrected chi connectivity index (χ2v) is 5.58. The summed E-state index contributed by atoms with van der Waals surface area (Å²) in [5.41, 5.74) is 1.50. The van der Waals surface area contributed by atoms with Crippen molar-refractivity contribution in [3.8, 4) is 0 Å². The molecule has 0 spiro atoms. The molecule has 0 aliphatic carbocycles. The summed E-state index contributed by atoms with van der Waals surface area (Å²) in [5, 5.41) is 7.79. The first-order chi connectivity index (χ1) is 10.6. The van der Waals surface area contributed by atoms with E-state index >= 15 is 0 Å². The molecule has 1 heterocycles. The number of thiophene rings is 1. The molecule has 2 rings (SSSR count). The minimum atomic E-state index is -0.378. The maximum Gasteiger partial charge on any atom is 0.328 e. The molecule has 1 unspecified atom stereocenters. The van der Waals surface area contributed by atoms with Gasteiger partial charge in [0.05, 0.1) is 12.0 Å². The molecule has 0 aliphatic heterocycles. The highest BCUT2D eigenvalue weighted by Gasteiger charge is 2.16. The summed E-state index contributed by atoms with van der Waals surface area (Å²) in [6.45, 7) is 1.91. The van der Waals surface area contributed by atoms with Crippen LogP contribution >= 0.6 is 11.3 Å². The average molecular weight is 318 g/mol. The van der Waals surface area contributed by atoms with Crippen molar-refractivity contribution in [2.24, 2.45) is 0 Å². The highest BCUT2D eigenvalue weighted by molar-refractivity contribution is 7.12. The molecule has 0 saturated heterocycles. The van der Waals surface area contributed by atoms with Gasteiger partial charge in [-0.3, -0.25) is 4.79 Å². The van der Waals surface area contributed by atoms with E-state index in [-0.39, 0.29) is 17.9 Å². The molecule has 0 fully saturated rings. The predicted octanol–water partition coefficient (Wildman–Crippen LogP) is 3.36. The van der Waals surface area contributed by atoms with Crippen molar-refractivity contribution in [2.75, 3.05) is 17.7 Å². The number of ether oxygens (including phenoxy) is 1. The predicted molar refractivity (Wildman–Crippen MR) is 88.4 cm³/mol. The Kier molecular flexibility index (Phi) is 5.55. The van der Waals surface area contributed by atoms with Crippen LogP contribution in [-0.4, -0.2) is 25.0 Å². The van der Waals surface area contributed by atoms with Gasteiger partial charge in [-0.15, -0.1) is 11.3 Å². The Labute approximate surface area is 133 Å². The summed E-state index contributed by atoms with van der Waals surface area (Å²) < 4.78 is 4.74. The van der Waals surface area contributed by atoms with E-state index < -0.39 is 0 Å². The van der Waals surface area contributed by atoms with Gasteiger partial charge in [-0.1, -0.05) is 13.0 Å². The molecule has 1 amide bonds. The summed E-state index contributed by atoms with van der Waals surface area (Å²) >= 11 is 1.39. The van der Waals surface area contributed by atoms with E-state index in [2.05, 4.69) is 10.6 Å². The van der Waals surface area contributed by atoms with Gasteiger partial charge >= 0.3 is 5.97 Å². The summed E-state index contributed by atoms with van der Waals surface area (Å²) in [7, 11) is 1.37. The van der Waals surface area contributed by atoms with Gasteiger partial charge in [0.25, 0.3) is 5.91 Å². The van der Waals surface area contributed by atoms with Crippen LogP contribution in [0.25, 0.3) is 0 Å². The van der Waals surface area contributed by atoms with Crippen molar-refractivity contribution in [2.45, 2.75) is 19.4 Å². The van der Waals surface area contributed by atoms with Gasteiger partial charge in [-0.2, -0.15) is 0 Å². The van der Waals surface area contributed by atoms with E-state index in [1.54, 1.807) is 18.2 Å². The molecule has 0 bridgehead atoms. The van der Waals surface area contributed by atoms with Crippen LogP contribution in [0.4, 0.5) is 11.4 Å². The van der Waals surface area contributed by atoms with E-state index in [4.69, 9.17) is 4.74 Å². The molecule has 2 N–H and O–H groups in total. The fraction of sp³-hybridized carbons (Fsp3) is 0.250. The van der Waals surface area contributed by atoms with E-state index in [1.165, 1.54) is 18.4 Å². The lowest BCUT2D eigenvalue weighted by Gasteiger charge is -2.16. The molecular weight excluding hydrogens is 300 g/mol. The van der Waals surface area contributed by atoms with Crippen molar-refractivity contribution in [3.05, 3.63) is 46.7 Å². The SMILES string of the molecule is CCC(Nc1ccc(NC(=O)c2cccs2)cc1)C(=O)OC. The van der Waals surface area contributed by atoms with Gasteiger partial charge in [0.1, 0.15) is 6.04 Å². The molecule has 5 nitrogen and oxygen atoms in total. The van der Waals surface area contributed by atoms with Crippen molar-refractivity contribution in [3.63, 3.8) is 0 Å². The van der Waals surface area contributed by atoms with Crippen LogP contribution in [0.3, 0.4) is 0 Å². The first kappa shape index (κ1) is 16.0. The average Bonchev–Trinajstić information content (AvgIpc) is 3.08. The number of nitrogens with one attached hydrogen (secondary N) is 2. The number of anilines is 2. The standard InChI is InChI=1S/C16H18N2O3S/c1-3-13(16(20)21-2)17-11-6-8-12(9-7-11)18-15(19)14-5-4-10-22-14/h4-10,13,17H,3H2,1-2H3,(H,18,19). The van der Waals surface area contributed by atoms with Crippen LogP contribution in [0.15, 0.2) is 41.8 Å². The van der Waals surface area contributed by atoms with Crippen molar-refractivity contribution < 1.29 is 14.3 Å². The number of carbonyl (C=O) groups is 2. The molecule has 0 radical (unpaired) electrons. The Hall–Kier alpha value is -2.34. The maximum absolute atomic E-state index is 11.9. The lowest BCUT2D eigenvalue weighted by Crippen LogP contribution is -2.29. The second kappa shape index (κ2) is 7.61. The molecule has 1 aromatic carbocycles. The van der Waals surface area contributed by atoms with E-state index in [9.17, 15) is 9.59 Å². The third-order valence-corrected chi connectivity index (χ3v) is 3.99. The number of methoxy groups -OCH3 is 1. The van der Waals surface area contributed by atoms with Crippen LogP contribution < -0.4 is 10.6 Å². The number of rotatable bonds is 6. The summed E-state index contributed by atoms with van der Waals surface area (Å²) in [5.74, 6) is -0.422. The molecule has 22 heavy (non-hydrogen) atoms. The highest BCUT2D eigenvalue weighted by atomic mass is 32.1. The van der Waals surface area contributed by atoms with Crippen LogP contribution in [0.5, 0.6) is 0 Å². The minimum Gasteiger partial charge on any atom is -0.467 e. The van der Waals surface area contributed by atoms with Crippen LogP contribution in [0.1, 0.15) is 23.0 Å². The van der Waals surface area contributed by atoms with Crippen molar-refractivity contribution in [1.82, 2.24) is 0 Å². The smallest absolute Gasteiger partial charge is 0.328 e. The summed E-state index contributed by atoms with van der Waals surface area (Å²) in [6, 6.07) is 10.4. The number of hydrogen-bond donors (Lipinski definition) is 2. The number of carbonyl (C=O) groups excluding carboxylic acids is 2. The van der Waals surface area contributed by atoms with Gasteiger partial charge in [0.2, 0.25) is 0 Å². The quantitative estimate of drug-likeness (QED) is 0.801. The normalized spacial score (nSPS) is 11.5. The van der Waals surface area contributed by atoms with Gasteiger partial charge < -0.3 is 15.4 Å². The number of benzene rings is 1. The number of amides is 1. The molecule has 6 heteroatoms.